The maximum absolute atomic E-state index is 10.7. The molecule has 0 unspecified atom stereocenters. The Kier molecular flexibility index (Phi) is 4.87. The average Bonchev–Trinajstić information content (AvgIpc) is 2.31. The van der Waals surface area contributed by atoms with Gasteiger partial charge in [-0.25, -0.2) is 0 Å². The standard InChI is InChI=1S/C10H18N2OS/c1-8(13)11-10(14)12-9-6-4-2-3-5-7-9/h9H,2-7H2,1H3,(H2,11,12,13,14). The number of hydrogen-bond acceptors (Lipinski definition) is 2. The molecule has 1 fully saturated rings. The second-order valence-corrected chi connectivity index (χ2v) is 4.25. The highest BCUT2D eigenvalue weighted by Gasteiger charge is 2.12. The first-order valence-corrected chi connectivity index (χ1v) is 5.67. The van der Waals surface area contributed by atoms with Gasteiger partial charge in [-0.1, -0.05) is 25.7 Å². The molecule has 1 aliphatic rings. The normalized spacial score (nSPS) is 18.4. The summed E-state index contributed by atoms with van der Waals surface area (Å²) >= 11 is 5.01. The van der Waals surface area contributed by atoms with Crippen LogP contribution in [0.1, 0.15) is 45.4 Å². The summed E-state index contributed by atoms with van der Waals surface area (Å²) in [5.74, 6) is -0.101. The van der Waals surface area contributed by atoms with Gasteiger partial charge >= 0.3 is 0 Å². The third-order valence-corrected chi connectivity index (χ3v) is 2.70. The van der Waals surface area contributed by atoms with E-state index < -0.39 is 0 Å². The van der Waals surface area contributed by atoms with E-state index in [4.69, 9.17) is 12.2 Å². The molecular weight excluding hydrogens is 196 g/mol. The minimum atomic E-state index is -0.101. The molecular formula is C10H18N2OS. The van der Waals surface area contributed by atoms with Gasteiger partial charge in [-0.2, -0.15) is 0 Å². The van der Waals surface area contributed by atoms with E-state index in [9.17, 15) is 4.79 Å². The molecule has 1 aliphatic carbocycles. The number of carbonyl (C=O) groups is 1. The lowest BCUT2D eigenvalue weighted by Crippen LogP contribution is -2.43. The zero-order chi connectivity index (χ0) is 10.4. The molecule has 2 N–H and O–H groups in total. The minimum Gasteiger partial charge on any atom is -0.360 e. The summed E-state index contributed by atoms with van der Waals surface area (Å²) < 4.78 is 0. The van der Waals surface area contributed by atoms with Crippen LogP contribution in [0, 0.1) is 0 Å². The molecule has 0 aromatic rings. The summed E-state index contributed by atoms with van der Waals surface area (Å²) in [6, 6.07) is 0.455. The molecule has 1 saturated carbocycles. The van der Waals surface area contributed by atoms with Gasteiger partial charge in [0.05, 0.1) is 0 Å². The number of amides is 1. The smallest absolute Gasteiger partial charge is 0.222 e. The molecule has 3 nitrogen and oxygen atoms in total. The second-order valence-electron chi connectivity index (χ2n) is 3.84. The van der Waals surface area contributed by atoms with Crippen molar-refractivity contribution in [1.82, 2.24) is 10.6 Å². The van der Waals surface area contributed by atoms with Crippen molar-refractivity contribution in [2.24, 2.45) is 0 Å². The van der Waals surface area contributed by atoms with E-state index in [-0.39, 0.29) is 5.91 Å². The monoisotopic (exact) mass is 214 g/mol. The molecule has 0 radical (unpaired) electrons. The molecule has 0 aromatic carbocycles. The SMILES string of the molecule is CC(=O)NC(=S)NC1CCCCCC1. The molecule has 0 bridgehead atoms. The highest BCUT2D eigenvalue weighted by Crippen LogP contribution is 2.16. The van der Waals surface area contributed by atoms with Crippen molar-refractivity contribution in [3.8, 4) is 0 Å². The average molecular weight is 214 g/mol. The van der Waals surface area contributed by atoms with Crippen molar-refractivity contribution in [3.63, 3.8) is 0 Å². The Morgan fingerprint density at radius 1 is 1.21 bits per heavy atom. The second kappa shape index (κ2) is 5.96. The summed E-state index contributed by atoms with van der Waals surface area (Å²) in [6.45, 7) is 1.47. The predicted molar refractivity (Wildman–Crippen MR) is 61.0 cm³/mol. The van der Waals surface area contributed by atoms with Gasteiger partial charge in [0.2, 0.25) is 5.91 Å². The maximum Gasteiger partial charge on any atom is 0.222 e. The highest BCUT2D eigenvalue weighted by molar-refractivity contribution is 7.80. The molecule has 0 aromatic heterocycles. The van der Waals surface area contributed by atoms with Gasteiger partial charge in [-0.3, -0.25) is 4.79 Å². The van der Waals surface area contributed by atoms with Gasteiger partial charge in [0.1, 0.15) is 0 Å². The van der Waals surface area contributed by atoms with Crippen molar-refractivity contribution >= 4 is 23.2 Å². The maximum atomic E-state index is 10.7. The molecule has 0 aliphatic heterocycles. The Hall–Kier alpha value is -0.640. The lowest BCUT2D eigenvalue weighted by molar-refractivity contribution is -0.117. The van der Waals surface area contributed by atoms with Crippen LogP contribution < -0.4 is 10.6 Å². The van der Waals surface area contributed by atoms with Crippen LogP contribution >= 0.6 is 12.2 Å². The van der Waals surface area contributed by atoms with E-state index in [2.05, 4.69) is 10.6 Å². The number of carbonyl (C=O) groups excluding carboxylic acids is 1. The van der Waals surface area contributed by atoms with Crippen LogP contribution in [-0.2, 0) is 4.79 Å². The first-order chi connectivity index (χ1) is 6.68. The first-order valence-electron chi connectivity index (χ1n) is 5.26. The summed E-state index contributed by atoms with van der Waals surface area (Å²) in [7, 11) is 0. The quantitative estimate of drug-likeness (QED) is 0.516. The molecule has 0 spiro atoms. The van der Waals surface area contributed by atoms with Crippen LogP contribution in [0.4, 0.5) is 0 Å². The Balaban J connectivity index is 2.27. The van der Waals surface area contributed by atoms with Gasteiger partial charge in [0, 0.05) is 13.0 Å². The summed E-state index contributed by atoms with van der Waals surface area (Å²) in [5, 5.41) is 6.26. The van der Waals surface area contributed by atoms with Gasteiger partial charge < -0.3 is 10.6 Å². The molecule has 0 saturated heterocycles. The fraction of sp³-hybridized carbons (Fsp3) is 0.800. The van der Waals surface area contributed by atoms with Gasteiger partial charge in [-0.15, -0.1) is 0 Å². The zero-order valence-corrected chi connectivity index (χ0v) is 9.45. The fourth-order valence-electron chi connectivity index (χ4n) is 1.81. The summed E-state index contributed by atoms with van der Waals surface area (Å²) in [4.78, 5) is 10.7. The van der Waals surface area contributed by atoms with Crippen LogP contribution in [0.5, 0.6) is 0 Å². The largest absolute Gasteiger partial charge is 0.360 e. The molecule has 0 atom stereocenters. The van der Waals surface area contributed by atoms with Crippen LogP contribution in [0.15, 0.2) is 0 Å². The van der Waals surface area contributed by atoms with E-state index >= 15 is 0 Å². The first kappa shape index (κ1) is 11.4. The van der Waals surface area contributed by atoms with Crippen LogP contribution in [0.25, 0.3) is 0 Å². The number of hydrogen-bond donors (Lipinski definition) is 2. The summed E-state index contributed by atoms with van der Waals surface area (Å²) in [6.07, 6.45) is 7.51. The molecule has 4 heteroatoms. The zero-order valence-electron chi connectivity index (χ0n) is 8.64. The van der Waals surface area contributed by atoms with Gasteiger partial charge in [0.25, 0.3) is 0 Å². The van der Waals surface area contributed by atoms with Crippen LogP contribution in [0.3, 0.4) is 0 Å². The Morgan fingerprint density at radius 3 is 2.29 bits per heavy atom. The topological polar surface area (TPSA) is 41.1 Å². The minimum absolute atomic E-state index is 0.101. The Labute approximate surface area is 90.6 Å². The Morgan fingerprint density at radius 2 is 1.79 bits per heavy atom. The number of rotatable bonds is 1. The number of nitrogens with one attached hydrogen (secondary N) is 2. The third kappa shape index (κ3) is 4.56. The van der Waals surface area contributed by atoms with Gasteiger partial charge in [0.15, 0.2) is 5.11 Å². The van der Waals surface area contributed by atoms with Crippen molar-refractivity contribution in [2.75, 3.05) is 0 Å². The van der Waals surface area contributed by atoms with Gasteiger partial charge in [-0.05, 0) is 25.1 Å². The van der Waals surface area contributed by atoms with Crippen molar-refractivity contribution in [2.45, 2.75) is 51.5 Å². The van der Waals surface area contributed by atoms with E-state index in [0.717, 1.165) is 0 Å². The lowest BCUT2D eigenvalue weighted by atomic mass is 10.1. The van der Waals surface area contributed by atoms with E-state index in [1.54, 1.807) is 0 Å². The van der Waals surface area contributed by atoms with Crippen molar-refractivity contribution in [3.05, 3.63) is 0 Å². The third-order valence-electron chi connectivity index (χ3n) is 2.48. The molecule has 14 heavy (non-hydrogen) atoms. The van der Waals surface area contributed by atoms with E-state index in [1.165, 1.54) is 45.4 Å². The molecule has 0 heterocycles. The number of thiocarbonyl (C=S) groups is 1. The lowest BCUT2D eigenvalue weighted by Gasteiger charge is -2.17. The van der Waals surface area contributed by atoms with E-state index in [1.807, 2.05) is 0 Å². The summed E-state index contributed by atoms with van der Waals surface area (Å²) in [5.41, 5.74) is 0. The van der Waals surface area contributed by atoms with Crippen molar-refractivity contribution < 1.29 is 4.79 Å². The fourth-order valence-corrected chi connectivity index (χ4v) is 2.12. The molecule has 1 amide bonds. The van der Waals surface area contributed by atoms with Crippen molar-refractivity contribution in [1.29, 1.82) is 0 Å². The molecule has 1 rings (SSSR count). The van der Waals surface area contributed by atoms with E-state index in [0.29, 0.717) is 11.2 Å². The van der Waals surface area contributed by atoms with Crippen LogP contribution in [-0.4, -0.2) is 17.1 Å². The molecule has 80 valence electrons. The highest BCUT2D eigenvalue weighted by atomic mass is 32.1. The predicted octanol–water partition coefficient (Wildman–Crippen LogP) is 1.72. The van der Waals surface area contributed by atoms with Crippen LogP contribution in [0.2, 0.25) is 0 Å². The Bertz CT molecular complexity index is 210.